The van der Waals surface area contributed by atoms with E-state index in [1.54, 1.807) is 11.1 Å². The molecular formula is C9H15N. The van der Waals surface area contributed by atoms with Crippen molar-refractivity contribution in [3.05, 3.63) is 11.1 Å². The third kappa shape index (κ3) is 0.450. The van der Waals surface area contributed by atoms with Crippen LogP contribution >= 0.6 is 0 Å². The molecule has 10 heavy (non-hydrogen) atoms. The van der Waals surface area contributed by atoms with Crippen molar-refractivity contribution in [1.82, 2.24) is 0 Å². The molecule has 0 amide bonds. The standard InChI is InChI=1S/C9H15N/c1-4-7-5(2)8(4)9(7)6(3)10/h4,6-7,9H,10H2,1-3H3/t4-,6?,7?,9?/m0/s1. The van der Waals surface area contributed by atoms with Gasteiger partial charge >= 0.3 is 0 Å². The minimum absolute atomic E-state index is 0.389. The fraction of sp³-hybridized carbons (Fsp3) is 0.778. The van der Waals surface area contributed by atoms with Crippen molar-refractivity contribution in [2.75, 3.05) is 0 Å². The molecule has 0 aromatic carbocycles. The SMILES string of the molecule is CC1=C2C(C(C)N)C1[C@@H]2C. The van der Waals surface area contributed by atoms with Gasteiger partial charge in [-0.1, -0.05) is 18.1 Å². The molecular weight excluding hydrogens is 122 g/mol. The van der Waals surface area contributed by atoms with Gasteiger partial charge in [0.2, 0.25) is 0 Å². The van der Waals surface area contributed by atoms with Crippen LogP contribution in [0.15, 0.2) is 11.1 Å². The van der Waals surface area contributed by atoms with Crippen LogP contribution in [0.2, 0.25) is 0 Å². The average molecular weight is 137 g/mol. The van der Waals surface area contributed by atoms with E-state index in [0.29, 0.717) is 6.04 Å². The average Bonchev–Trinajstić information content (AvgIpc) is 1.78. The first-order valence-electron chi connectivity index (χ1n) is 4.10. The second-order valence-electron chi connectivity index (χ2n) is 3.84. The third-order valence-electron chi connectivity index (χ3n) is 3.30. The van der Waals surface area contributed by atoms with E-state index in [1.807, 2.05) is 0 Å². The van der Waals surface area contributed by atoms with E-state index in [4.69, 9.17) is 5.73 Å². The summed E-state index contributed by atoms with van der Waals surface area (Å²) >= 11 is 0. The van der Waals surface area contributed by atoms with Gasteiger partial charge in [-0.2, -0.15) is 0 Å². The molecule has 0 spiro atoms. The van der Waals surface area contributed by atoms with Gasteiger partial charge < -0.3 is 5.73 Å². The van der Waals surface area contributed by atoms with Gasteiger partial charge in [-0.3, -0.25) is 0 Å². The quantitative estimate of drug-likeness (QED) is 0.545. The molecule has 3 aliphatic carbocycles. The summed E-state index contributed by atoms with van der Waals surface area (Å²) in [5.74, 6) is 2.49. The lowest BCUT2D eigenvalue weighted by Crippen LogP contribution is -2.56. The van der Waals surface area contributed by atoms with Crippen LogP contribution < -0.4 is 5.73 Å². The summed E-state index contributed by atoms with van der Waals surface area (Å²) in [5, 5.41) is 0. The zero-order chi connectivity index (χ0) is 7.46. The van der Waals surface area contributed by atoms with Crippen molar-refractivity contribution in [2.24, 2.45) is 23.5 Å². The van der Waals surface area contributed by atoms with Gasteiger partial charge in [-0.25, -0.2) is 0 Å². The van der Waals surface area contributed by atoms with Crippen LogP contribution in [-0.2, 0) is 0 Å². The Bertz CT molecular complexity index is 203. The van der Waals surface area contributed by atoms with E-state index in [0.717, 1.165) is 17.8 Å². The highest BCUT2D eigenvalue weighted by atomic mass is 14.7. The summed E-state index contributed by atoms with van der Waals surface area (Å²) in [6, 6.07) is 0.389. The summed E-state index contributed by atoms with van der Waals surface area (Å²) in [6.45, 7) is 6.68. The van der Waals surface area contributed by atoms with Crippen molar-refractivity contribution in [1.29, 1.82) is 0 Å². The zero-order valence-electron chi connectivity index (χ0n) is 6.89. The number of nitrogens with two attached hydrogens (primary N) is 1. The van der Waals surface area contributed by atoms with Crippen molar-refractivity contribution in [2.45, 2.75) is 26.8 Å². The molecule has 0 aliphatic heterocycles. The second-order valence-corrected chi connectivity index (χ2v) is 3.84. The molecule has 4 atom stereocenters. The molecule has 56 valence electrons. The Labute approximate surface area is 62.3 Å². The molecule has 1 heteroatoms. The Kier molecular flexibility index (Phi) is 1.06. The Balaban J connectivity index is 2.15. The van der Waals surface area contributed by atoms with Crippen LogP contribution in [0.1, 0.15) is 20.8 Å². The van der Waals surface area contributed by atoms with Crippen LogP contribution in [0.25, 0.3) is 0 Å². The van der Waals surface area contributed by atoms with E-state index in [2.05, 4.69) is 20.8 Å². The minimum Gasteiger partial charge on any atom is -0.327 e. The third-order valence-corrected chi connectivity index (χ3v) is 3.30. The van der Waals surface area contributed by atoms with E-state index in [9.17, 15) is 0 Å². The van der Waals surface area contributed by atoms with Gasteiger partial charge in [-0.05, 0) is 25.7 Å². The molecule has 0 heterocycles. The van der Waals surface area contributed by atoms with Crippen molar-refractivity contribution < 1.29 is 0 Å². The van der Waals surface area contributed by atoms with Gasteiger partial charge in [0.05, 0.1) is 0 Å². The molecule has 0 radical (unpaired) electrons. The van der Waals surface area contributed by atoms with E-state index < -0.39 is 0 Å². The zero-order valence-corrected chi connectivity index (χ0v) is 6.89. The summed E-state index contributed by atoms with van der Waals surface area (Å²) in [4.78, 5) is 0. The minimum atomic E-state index is 0.389. The molecule has 2 N–H and O–H groups in total. The first-order valence-corrected chi connectivity index (χ1v) is 4.10. The molecule has 1 nitrogen and oxygen atoms in total. The van der Waals surface area contributed by atoms with Crippen molar-refractivity contribution >= 4 is 0 Å². The van der Waals surface area contributed by atoms with Crippen molar-refractivity contribution in [3.63, 3.8) is 0 Å². The van der Waals surface area contributed by atoms with Gasteiger partial charge in [-0.15, -0.1) is 0 Å². The highest BCUT2D eigenvalue weighted by Crippen LogP contribution is 2.62. The van der Waals surface area contributed by atoms with Crippen LogP contribution in [0.3, 0.4) is 0 Å². The summed E-state index contributed by atoms with van der Waals surface area (Å²) < 4.78 is 0. The predicted octanol–water partition coefficient (Wildman–Crippen LogP) is 1.55. The van der Waals surface area contributed by atoms with Crippen LogP contribution in [0.5, 0.6) is 0 Å². The monoisotopic (exact) mass is 137 g/mol. The first kappa shape index (κ1) is 6.41. The van der Waals surface area contributed by atoms with E-state index in [-0.39, 0.29) is 0 Å². The highest BCUT2D eigenvalue weighted by Gasteiger charge is 2.55. The summed E-state index contributed by atoms with van der Waals surface area (Å²) in [5.41, 5.74) is 9.11. The normalized spacial score (nSPS) is 46.2. The maximum absolute atomic E-state index is 5.81. The lowest BCUT2D eigenvalue weighted by Gasteiger charge is -2.60. The van der Waals surface area contributed by atoms with Crippen molar-refractivity contribution in [3.8, 4) is 0 Å². The van der Waals surface area contributed by atoms with Gasteiger partial charge in [0, 0.05) is 12.0 Å². The molecule has 1 saturated carbocycles. The Morgan fingerprint density at radius 2 is 2.00 bits per heavy atom. The van der Waals surface area contributed by atoms with E-state index in [1.165, 1.54) is 0 Å². The first-order chi connectivity index (χ1) is 4.64. The fourth-order valence-electron chi connectivity index (χ4n) is 2.76. The Hall–Kier alpha value is -0.300. The largest absolute Gasteiger partial charge is 0.327 e. The molecule has 3 aliphatic rings. The van der Waals surface area contributed by atoms with Crippen LogP contribution in [0, 0.1) is 17.8 Å². The lowest BCUT2D eigenvalue weighted by molar-refractivity contribution is 0.127. The topological polar surface area (TPSA) is 26.0 Å². The summed E-state index contributed by atoms with van der Waals surface area (Å²) in [7, 11) is 0. The van der Waals surface area contributed by atoms with Gasteiger partial charge in [0.1, 0.15) is 0 Å². The molecule has 2 bridgehead atoms. The molecule has 0 aromatic rings. The lowest BCUT2D eigenvalue weighted by atomic mass is 9.45. The maximum Gasteiger partial charge on any atom is 0.00822 e. The highest BCUT2D eigenvalue weighted by molar-refractivity contribution is 5.47. The number of hydrogen-bond donors (Lipinski definition) is 1. The predicted molar refractivity (Wildman–Crippen MR) is 42.5 cm³/mol. The number of allylic oxidation sites excluding steroid dienone is 1. The Morgan fingerprint density at radius 1 is 1.50 bits per heavy atom. The fourth-order valence-corrected chi connectivity index (χ4v) is 2.76. The van der Waals surface area contributed by atoms with Crippen LogP contribution in [-0.4, -0.2) is 6.04 Å². The van der Waals surface area contributed by atoms with Gasteiger partial charge in [0.15, 0.2) is 0 Å². The number of hydrogen-bond acceptors (Lipinski definition) is 1. The van der Waals surface area contributed by atoms with Gasteiger partial charge in [0.25, 0.3) is 0 Å². The second kappa shape index (κ2) is 1.65. The summed E-state index contributed by atoms with van der Waals surface area (Å²) in [6.07, 6.45) is 0. The molecule has 3 rings (SSSR count). The Morgan fingerprint density at radius 3 is 2.10 bits per heavy atom. The molecule has 3 unspecified atom stereocenters. The number of rotatable bonds is 1. The van der Waals surface area contributed by atoms with E-state index >= 15 is 0 Å². The smallest absolute Gasteiger partial charge is 0.00822 e. The molecule has 0 saturated heterocycles. The maximum atomic E-state index is 5.81. The molecule has 1 fully saturated rings. The molecule has 0 aromatic heterocycles. The van der Waals surface area contributed by atoms with Crippen LogP contribution in [0.4, 0.5) is 0 Å².